The summed E-state index contributed by atoms with van der Waals surface area (Å²) in [6.07, 6.45) is 1.08. The Kier molecular flexibility index (Phi) is 3.80. The molecule has 0 aromatic heterocycles. The zero-order valence-corrected chi connectivity index (χ0v) is 12.3. The van der Waals surface area contributed by atoms with Crippen molar-refractivity contribution in [2.45, 2.75) is 31.8 Å². The second-order valence-electron chi connectivity index (χ2n) is 5.68. The van der Waals surface area contributed by atoms with Crippen molar-refractivity contribution in [3.63, 3.8) is 0 Å². The Hall–Kier alpha value is -2.06. The van der Waals surface area contributed by atoms with Crippen molar-refractivity contribution in [2.75, 3.05) is 0 Å². The number of fused-ring (bicyclic) bond motifs is 1. The molecule has 0 saturated carbocycles. The van der Waals surface area contributed by atoms with E-state index in [9.17, 15) is 5.11 Å². The van der Waals surface area contributed by atoms with E-state index < -0.39 is 6.10 Å². The molecule has 0 radical (unpaired) electrons. The molecule has 2 nitrogen and oxygen atoms in total. The summed E-state index contributed by atoms with van der Waals surface area (Å²) in [7, 11) is 0. The highest BCUT2D eigenvalue weighted by molar-refractivity contribution is 5.48. The number of benzene rings is 2. The second kappa shape index (κ2) is 5.74. The Labute approximate surface area is 125 Å². The molecule has 0 fully saturated rings. The van der Waals surface area contributed by atoms with Gasteiger partial charge in [0.05, 0.1) is 12.0 Å². The van der Waals surface area contributed by atoms with Crippen LogP contribution in [0.3, 0.4) is 0 Å². The number of hydrogen-bond acceptors (Lipinski definition) is 2. The molecule has 1 aliphatic heterocycles. The van der Waals surface area contributed by atoms with Crippen LogP contribution in [0.1, 0.15) is 29.0 Å². The van der Waals surface area contributed by atoms with Crippen LogP contribution >= 0.6 is 0 Å². The molecule has 0 saturated heterocycles. The third-order valence-corrected chi connectivity index (χ3v) is 4.04. The van der Waals surface area contributed by atoms with Gasteiger partial charge in [0.15, 0.2) is 0 Å². The quantitative estimate of drug-likeness (QED) is 0.918. The number of ether oxygens (including phenoxy) is 1. The third kappa shape index (κ3) is 2.86. The SMILES string of the molecule is C=C1Oc2ccc(C)cc2[C@@H]1[C@H](O)CCc1ccccc1. The van der Waals surface area contributed by atoms with Crippen LogP contribution in [0.25, 0.3) is 0 Å². The number of aliphatic hydroxyl groups is 1. The first kappa shape index (κ1) is 13.9. The van der Waals surface area contributed by atoms with Crippen LogP contribution in [0.2, 0.25) is 0 Å². The Morgan fingerprint density at radius 1 is 1.19 bits per heavy atom. The molecule has 2 atom stereocenters. The van der Waals surface area contributed by atoms with Crippen LogP contribution < -0.4 is 4.74 Å². The first-order valence-corrected chi connectivity index (χ1v) is 7.34. The molecule has 2 aromatic carbocycles. The summed E-state index contributed by atoms with van der Waals surface area (Å²) in [6, 6.07) is 16.3. The molecular formula is C19H20O2. The minimum absolute atomic E-state index is 0.122. The van der Waals surface area contributed by atoms with Crippen LogP contribution in [-0.4, -0.2) is 11.2 Å². The fourth-order valence-corrected chi connectivity index (χ4v) is 2.93. The minimum atomic E-state index is -0.472. The molecule has 2 aromatic rings. The maximum absolute atomic E-state index is 10.6. The summed E-state index contributed by atoms with van der Waals surface area (Å²) in [5.74, 6) is 1.36. The molecule has 108 valence electrons. The number of aryl methyl sites for hydroxylation is 2. The molecular weight excluding hydrogens is 260 g/mol. The largest absolute Gasteiger partial charge is 0.461 e. The normalized spacial score (nSPS) is 18.2. The van der Waals surface area contributed by atoms with Gasteiger partial charge in [0, 0.05) is 5.56 Å². The first-order valence-electron chi connectivity index (χ1n) is 7.34. The van der Waals surface area contributed by atoms with Crippen molar-refractivity contribution >= 4 is 0 Å². The van der Waals surface area contributed by atoms with Gasteiger partial charge >= 0.3 is 0 Å². The highest BCUT2D eigenvalue weighted by atomic mass is 16.5. The van der Waals surface area contributed by atoms with Crippen molar-refractivity contribution < 1.29 is 9.84 Å². The fourth-order valence-electron chi connectivity index (χ4n) is 2.93. The predicted octanol–water partition coefficient (Wildman–Crippen LogP) is 3.98. The van der Waals surface area contributed by atoms with Gasteiger partial charge in [-0.05, 0) is 31.4 Å². The molecule has 0 aliphatic carbocycles. The van der Waals surface area contributed by atoms with Crippen LogP contribution in [0, 0.1) is 6.92 Å². The number of hydrogen-bond donors (Lipinski definition) is 1. The van der Waals surface area contributed by atoms with Crippen molar-refractivity contribution in [3.05, 3.63) is 77.6 Å². The average Bonchev–Trinajstić information content (AvgIpc) is 2.81. The summed E-state index contributed by atoms with van der Waals surface area (Å²) < 4.78 is 5.69. The van der Waals surface area contributed by atoms with Crippen LogP contribution in [0.4, 0.5) is 0 Å². The van der Waals surface area contributed by atoms with Gasteiger partial charge in [-0.1, -0.05) is 54.6 Å². The topological polar surface area (TPSA) is 29.5 Å². The molecule has 3 rings (SSSR count). The van der Waals surface area contributed by atoms with Crippen molar-refractivity contribution in [1.82, 2.24) is 0 Å². The van der Waals surface area contributed by atoms with E-state index in [0.717, 1.165) is 17.7 Å². The van der Waals surface area contributed by atoms with Gasteiger partial charge in [0.2, 0.25) is 0 Å². The van der Waals surface area contributed by atoms with Crippen LogP contribution in [0.5, 0.6) is 5.75 Å². The fraction of sp³-hybridized carbons (Fsp3) is 0.263. The van der Waals surface area contributed by atoms with Gasteiger partial charge in [0.25, 0.3) is 0 Å². The number of rotatable bonds is 4. The van der Waals surface area contributed by atoms with E-state index in [0.29, 0.717) is 12.2 Å². The van der Waals surface area contributed by atoms with Crippen molar-refractivity contribution in [1.29, 1.82) is 0 Å². The Morgan fingerprint density at radius 3 is 2.71 bits per heavy atom. The first-order chi connectivity index (χ1) is 10.1. The van der Waals surface area contributed by atoms with E-state index >= 15 is 0 Å². The molecule has 1 N–H and O–H groups in total. The molecule has 0 bridgehead atoms. The molecule has 21 heavy (non-hydrogen) atoms. The lowest BCUT2D eigenvalue weighted by Gasteiger charge is -2.18. The van der Waals surface area contributed by atoms with E-state index in [-0.39, 0.29) is 5.92 Å². The molecule has 1 aliphatic rings. The Bertz CT molecular complexity index is 646. The van der Waals surface area contributed by atoms with E-state index in [1.165, 1.54) is 11.1 Å². The number of aliphatic hydroxyl groups excluding tert-OH is 1. The predicted molar refractivity (Wildman–Crippen MR) is 84.5 cm³/mol. The van der Waals surface area contributed by atoms with E-state index in [2.05, 4.69) is 31.7 Å². The second-order valence-corrected chi connectivity index (χ2v) is 5.68. The highest BCUT2D eigenvalue weighted by Gasteiger charge is 2.33. The summed E-state index contributed by atoms with van der Waals surface area (Å²) in [5, 5.41) is 10.6. The maximum atomic E-state index is 10.6. The lowest BCUT2D eigenvalue weighted by atomic mass is 9.89. The summed E-state index contributed by atoms with van der Waals surface area (Å²) >= 11 is 0. The van der Waals surface area contributed by atoms with E-state index in [4.69, 9.17) is 4.74 Å². The molecule has 0 spiro atoms. The Balaban J connectivity index is 1.74. The Morgan fingerprint density at radius 2 is 1.95 bits per heavy atom. The van der Waals surface area contributed by atoms with Crippen molar-refractivity contribution in [3.8, 4) is 5.75 Å². The van der Waals surface area contributed by atoms with Gasteiger partial charge in [-0.3, -0.25) is 0 Å². The molecule has 2 heteroatoms. The maximum Gasteiger partial charge on any atom is 0.130 e. The van der Waals surface area contributed by atoms with E-state index in [1.54, 1.807) is 0 Å². The zero-order valence-electron chi connectivity index (χ0n) is 12.3. The lowest BCUT2D eigenvalue weighted by Crippen LogP contribution is -2.19. The third-order valence-electron chi connectivity index (χ3n) is 4.04. The highest BCUT2D eigenvalue weighted by Crippen LogP contribution is 2.43. The summed E-state index contributed by atoms with van der Waals surface area (Å²) in [6.45, 7) is 6.02. The smallest absolute Gasteiger partial charge is 0.130 e. The van der Waals surface area contributed by atoms with Gasteiger partial charge in [0.1, 0.15) is 11.5 Å². The van der Waals surface area contributed by atoms with Crippen molar-refractivity contribution in [2.24, 2.45) is 0 Å². The minimum Gasteiger partial charge on any atom is -0.461 e. The van der Waals surface area contributed by atoms with E-state index in [1.807, 2.05) is 30.3 Å². The zero-order chi connectivity index (χ0) is 14.8. The summed E-state index contributed by atoms with van der Waals surface area (Å²) in [5.41, 5.74) is 3.47. The molecule has 0 unspecified atom stereocenters. The molecule has 1 heterocycles. The summed E-state index contributed by atoms with van der Waals surface area (Å²) in [4.78, 5) is 0. The average molecular weight is 280 g/mol. The van der Waals surface area contributed by atoms with Crippen LogP contribution in [-0.2, 0) is 6.42 Å². The monoisotopic (exact) mass is 280 g/mol. The van der Waals surface area contributed by atoms with Gasteiger partial charge in [-0.15, -0.1) is 0 Å². The van der Waals surface area contributed by atoms with Gasteiger partial charge in [-0.25, -0.2) is 0 Å². The molecule has 0 amide bonds. The van der Waals surface area contributed by atoms with Crippen LogP contribution in [0.15, 0.2) is 60.9 Å². The van der Waals surface area contributed by atoms with Gasteiger partial charge in [-0.2, -0.15) is 0 Å². The standard InChI is InChI=1S/C19H20O2/c1-13-8-11-18-16(12-13)19(14(2)21-18)17(20)10-9-15-6-4-3-5-7-15/h3-8,11-12,17,19-20H,2,9-10H2,1H3/t17-,19-/m1/s1. The van der Waals surface area contributed by atoms with Gasteiger partial charge < -0.3 is 9.84 Å². The lowest BCUT2D eigenvalue weighted by molar-refractivity contribution is 0.139.